The van der Waals surface area contributed by atoms with Gasteiger partial charge < -0.3 is 19.3 Å². The van der Waals surface area contributed by atoms with Crippen LogP contribution in [0.5, 0.6) is 23.0 Å². The molecule has 5 nitrogen and oxygen atoms in total. The van der Waals surface area contributed by atoms with Crippen molar-refractivity contribution in [2.24, 2.45) is 0 Å². The lowest BCUT2D eigenvalue weighted by atomic mass is 10.1. The molecule has 0 aliphatic rings. The van der Waals surface area contributed by atoms with Crippen molar-refractivity contribution in [2.45, 2.75) is 0 Å². The zero-order chi connectivity index (χ0) is 16.8. The topological polar surface area (TPSA) is 65.0 Å². The number of hydrogen-bond donors (Lipinski definition) is 1. The molecule has 0 heterocycles. The van der Waals surface area contributed by atoms with E-state index in [4.69, 9.17) is 14.2 Å². The predicted octanol–water partition coefficient (Wildman–Crippen LogP) is 3.31. The summed E-state index contributed by atoms with van der Waals surface area (Å²) in [6.07, 6.45) is 2.96. The zero-order valence-corrected chi connectivity index (χ0v) is 13.2. The SMILES string of the molecule is COc1cccc(C=CC(=O)c2c(O)cccc2OC)c1OC. The molecule has 0 radical (unpaired) electrons. The van der Waals surface area contributed by atoms with Crippen molar-refractivity contribution in [3.05, 3.63) is 53.6 Å². The van der Waals surface area contributed by atoms with E-state index in [1.54, 1.807) is 43.5 Å². The van der Waals surface area contributed by atoms with Crippen LogP contribution in [-0.2, 0) is 0 Å². The summed E-state index contributed by atoms with van der Waals surface area (Å²) in [6.45, 7) is 0. The molecule has 0 aliphatic carbocycles. The van der Waals surface area contributed by atoms with Crippen LogP contribution in [0.4, 0.5) is 0 Å². The van der Waals surface area contributed by atoms with Gasteiger partial charge >= 0.3 is 0 Å². The van der Waals surface area contributed by atoms with E-state index >= 15 is 0 Å². The fourth-order valence-electron chi connectivity index (χ4n) is 2.23. The van der Waals surface area contributed by atoms with Crippen molar-refractivity contribution in [3.63, 3.8) is 0 Å². The van der Waals surface area contributed by atoms with E-state index < -0.39 is 0 Å². The van der Waals surface area contributed by atoms with E-state index in [-0.39, 0.29) is 17.1 Å². The Bertz CT molecular complexity index is 734. The predicted molar refractivity (Wildman–Crippen MR) is 87.6 cm³/mol. The van der Waals surface area contributed by atoms with Crippen molar-refractivity contribution < 1.29 is 24.1 Å². The van der Waals surface area contributed by atoms with Crippen molar-refractivity contribution in [3.8, 4) is 23.0 Å². The van der Waals surface area contributed by atoms with E-state index in [1.165, 1.54) is 26.4 Å². The summed E-state index contributed by atoms with van der Waals surface area (Å²) in [4.78, 5) is 12.4. The highest BCUT2D eigenvalue weighted by Gasteiger charge is 2.15. The van der Waals surface area contributed by atoms with Gasteiger partial charge in [0.2, 0.25) is 0 Å². The highest BCUT2D eigenvalue weighted by Crippen LogP contribution is 2.32. The number of carbonyl (C=O) groups excluding carboxylic acids is 1. The Morgan fingerprint density at radius 2 is 1.61 bits per heavy atom. The van der Waals surface area contributed by atoms with Crippen LogP contribution in [-0.4, -0.2) is 32.2 Å². The smallest absolute Gasteiger partial charge is 0.193 e. The van der Waals surface area contributed by atoms with Crippen molar-refractivity contribution in [1.29, 1.82) is 0 Å². The largest absolute Gasteiger partial charge is 0.507 e. The molecular weight excluding hydrogens is 296 g/mol. The summed E-state index contributed by atoms with van der Waals surface area (Å²) >= 11 is 0. The molecule has 0 aromatic heterocycles. The highest BCUT2D eigenvalue weighted by atomic mass is 16.5. The Hall–Kier alpha value is -2.95. The van der Waals surface area contributed by atoms with Gasteiger partial charge in [-0.1, -0.05) is 18.2 Å². The fourth-order valence-corrected chi connectivity index (χ4v) is 2.23. The minimum Gasteiger partial charge on any atom is -0.507 e. The first-order valence-electron chi connectivity index (χ1n) is 6.91. The first-order chi connectivity index (χ1) is 11.1. The molecule has 0 fully saturated rings. The number of ketones is 1. The van der Waals surface area contributed by atoms with Crippen LogP contribution in [0.2, 0.25) is 0 Å². The molecule has 1 N–H and O–H groups in total. The number of phenolic OH excluding ortho intramolecular Hbond substituents is 1. The number of carbonyl (C=O) groups is 1. The molecular formula is C18H18O5. The first-order valence-corrected chi connectivity index (χ1v) is 6.91. The second-order valence-electron chi connectivity index (χ2n) is 4.63. The number of aromatic hydroxyl groups is 1. The number of methoxy groups -OCH3 is 3. The molecule has 2 aromatic rings. The van der Waals surface area contributed by atoms with Gasteiger partial charge in [-0.3, -0.25) is 4.79 Å². The van der Waals surface area contributed by atoms with Crippen LogP contribution >= 0.6 is 0 Å². The molecule has 0 amide bonds. The minimum atomic E-state index is -0.371. The number of allylic oxidation sites excluding steroid dienone is 1. The van der Waals surface area contributed by atoms with Gasteiger partial charge in [0.15, 0.2) is 17.3 Å². The second-order valence-corrected chi connectivity index (χ2v) is 4.63. The Kier molecular flexibility index (Phi) is 5.25. The van der Waals surface area contributed by atoms with Crippen LogP contribution in [0.15, 0.2) is 42.5 Å². The van der Waals surface area contributed by atoms with E-state index in [1.807, 2.05) is 0 Å². The maximum Gasteiger partial charge on any atom is 0.193 e. The van der Waals surface area contributed by atoms with Gasteiger partial charge in [0, 0.05) is 5.56 Å². The lowest BCUT2D eigenvalue weighted by Gasteiger charge is -2.10. The van der Waals surface area contributed by atoms with E-state index in [2.05, 4.69) is 0 Å². The fraction of sp³-hybridized carbons (Fsp3) is 0.167. The quantitative estimate of drug-likeness (QED) is 0.654. The molecule has 120 valence electrons. The van der Waals surface area contributed by atoms with Crippen molar-refractivity contribution in [1.82, 2.24) is 0 Å². The molecule has 0 bridgehead atoms. The molecule has 2 rings (SSSR count). The Morgan fingerprint density at radius 1 is 0.957 bits per heavy atom. The van der Waals surface area contributed by atoms with Crippen molar-refractivity contribution in [2.75, 3.05) is 21.3 Å². The molecule has 0 unspecified atom stereocenters. The van der Waals surface area contributed by atoms with Gasteiger partial charge in [-0.25, -0.2) is 0 Å². The maximum atomic E-state index is 12.4. The van der Waals surface area contributed by atoms with Gasteiger partial charge in [-0.2, -0.15) is 0 Å². The number of benzene rings is 2. The Morgan fingerprint density at radius 3 is 2.26 bits per heavy atom. The molecule has 0 spiro atoms. The standard InChI is InChI=1S/C18H18O5/c1-21-15-8-5-7-13(19)17(15)14(20)11-10-12-6-4-9-16(22-2)18(12)23-3/h4-11,19H,1-3H3. The number of ether oxygens (including phenoxy) is 3. The molecule has 0 atom stereocenters. The van der Waals surface area contributed by atoms with Crippen LogP contribution in [0.3, 0.4) is 0 Å². The summed E-state index contributed by atoms with van der Waals surface area (Å²) in [5.41, 5.74) is 0.808. The summed E-state index contributed by atoms with van der Waals surface area (Å²) < 4.78 is 15.7. The third-order valence-electron chi connectivity index (χ3n) is 3.32. The lowest BCUT2D eigenvalue weighted by molar-refractivity contribution is 0.104. The number of phenols is 1. The van der Waals surface area contributed by atoms with Gasteiger partial charge in [0.25, 0.3) is 0 Å². The van der Waals surface area contributed by atoms with Gasteiger partial charge in [-0.15, -0.1) is 0 Å². The zero-order valence-electron chi connectivity index (χ0n) is 13.2. The first kappa shape index (κ1) is 16.4. The van der Waals surface area contributed by atoms with Gasteiger partial charge in [0.05, 0.1) is 21.3 Å². The maximum absolute atomic E-state index is 12.4. The number of para-hydroxylation sites is 1. The van der Waals surface area contributed by atoms with E-state index in [9.17, 15) is 9.90 Å². The van der Waals surface area contributed by atoms with Gasteiger partial charge in [0.1, 0.15) is 17.1 Å². The minimum absolute atomic E-state index is 0.119. The van der Waals surface area contributed by atoms with Crippen LogP contribution in [0.25, 0.3) is 6.08 Å². The molecule has 23 heavy (non-hydrogen) atoms. The van der Waals surface area contributed by atoms with Crippen molar-refractivity contribution >= 4 is 11.9 Å². The summed E-state index contributed by atoms with van der Waals surface area (Å²) in [6, 6.07) is 10.0. The average Bonchev–Trinajstić information content (AvgIpc) is 2.58. The van der Waals surface area contributed by atoms with E-state index in [0.29, 0.717) is 22.8 Å². The summed E-state index contributed by atoms with van der Waals surface area (Å²) in [5.74, 6) is 0.921. The Labute approximate surface area is 134 Å². The number of rotatable bonds is 6. The van der Waals surface area contributed by atoms with Gasteiger partial charge in [-0.05, 0) is 30.4 Å². The van der Waals surface area contributed by atoms with Crippen LogP contribution in [0, 0.1) is 0 Å². The highest BCUT2D eigenvalue weighted by molar-refractivity contribution is 6.10. The molecule has 0 saturated carbocycles. The molecule has 0 aliphatic heterocycles. The average molecular weight is 314 g/mol. The summed E-state index contributed by atoms with van der Waals surface area (Å²) in [5, 5.41) is 9.89. The normalized spacial score (nSPS) is 10.6. The molecule has 2 aromatic carbocycles. The van der Waals surface area contributed by atoms with Crippen LogP contribution < -0.4 is 14.2 Å². The molecule has 0 saturated heterocycles. The monoisotopic (exact) mass is 314 g/mol. The van der Waals surface area contributed by atoms with E-state index in [0.717, 1.165) is 0 Å². The summed E-state index contributed by atoms with van der Waals surface area (Å²) in [7, 11) is 4.52. The third kappa shape index (κ3) is 3.45. The van der Waals surface area contributed by atoms with Crippen LogP contribution in [0.1, 0.15) is 15.9 Å². The third-order valence-corrected chi connectivity index (χ3v) is 3.32. The number of hydrogen-bond acceptors (Lipinski definition) is 5. The second kappa shape index (κ2) is 7.35. The molecule has 5 heteroatoms. The Balaban J connectivity index is 2.37. The lowest BCUT2D eigenvalue weighted by Crippen LogP contribution is -1.99.